The van der Waals surface area contributed by atoms with E-state index in [1.807, 2.05) is 60.7 Å². The molecule has 7 nitrogen and oxygen atoms in total. The van der Waals surface area contributed by atoms with E-state index < -0.39 is 11.4 Å². The van der Waals surface area contributed by atoms with Crippen molar-refractivity contribution in [1.29, 1.82) is 0 Å². The first-order valence-corrected chi connectivity index (χ1v) is 9.82. The van der Waals surface area contributed by atoms with E-state index in [0.717, 1.165) is 11.1 Å². The molecular weight excluding hydrogens is 396 g/mol. The maximum Gasteiger partial charge on any atom is 0.167 e. The number of benzene rings is 2. The van der Waals surface area contributed by atoms with Gasteiger partial charge in [0.1, 0.15) is 18.1 Å². The van der Waals surface area contributed by atoms with Gasteiger partial charge < -0.3 is 23.7 Å². The molecule has 0 saturated carbocycles. The molecule has 2 aromatic carbocycles. The Morgan fingerprint density at radius 1 is 0.903 bits per heavy atom. The Labute approximate surface area is 179 Å². The van der Waals surface area contributed by atoms with E-state index in [0.29, 0.717) is 28.7 Å². The summed E-state index contributed by atoms with van der Waals surface area (Å²) in [6, 6.07) is 20.7. The highest BCUT2D eigenvalue weighted by atomic mass is 16.5. The topological polar surface area (TPSA) is 101 Å². The van der Waals surface area contributed by atoms with Crippen LogP contribution in [0.2, 0.25) is 0 Å². The summed E-state index contributed by atoms with van der Waals surface area (Å²) in [7, 11) is 0. The number of carboxylic acids is 1. The number of carbonyl (C=O) groups excluding carboxylic acids is 1. The molecule has 0 radical (unpaired) electrons. The zero-order chi connectivity index (χ0) is 21.8. The molecule has 0 spiro atoms. The first-order valence-electron chi connectivity index (χ1n) is 9.82. The monoisotopic (exact) mass is 417 g/mol. The van der Waals surface area contributed by atoms with Gasteiger partial charge in [-0.25, -0.2) is 0 Å². The van der Waals surface area contributed by atoms with Crippen molar-refractivity contribution in [2.75, 3.05) is 0 Å². The smallest absolute Gasteiger partial charge is 0.167 e. The van der Waals surface area contributed by atoms with E-state index in [-0.39, 0.29) is 13.0 Å². The first kappa shape index (κ1) is 20.4. The second-order valence-electron chi connectivity index (χ2n) is 7.89. The number of rotatable bonds is 8. The van der Waals surface area contributed by atoms with Crippen molar-refractivity contribution in [3.05, 3.63) is 78.1 Å². The Bertz CT molecular complexity index is 1160. The van der Waals surface area contributed by atoms with Crippen molar-refractivity contribution < 1.29 is 23.7 Å². The van der Waals surface area contributed by atoms with Crippen LogP contribution in [0.4, 0.5) is 0 Å². The lowest BCUT2D eigenvalue weighted by molar-refractivity contribution is -0.317. The molecule has 0 aliphatic heterocycles. The van der Waals surface area contributed by atoms with Crippen LogP contribution >= 0.6 is 0 Å². The van der Waals surface area contributed by atoms with Gasteiger partial charge in [0.05, 0.1) is 5.69 Å². The summed E-state index contributed by atoms with van der Waals surface area (Å²) in [5, 5.41) is 19.2. The normalized spacial score (nSPS) is 11.4. The van der Waals surface area contributed by atoms with Gasteiger partial charge in [0.25, 0.3) is 0 Å². The number of aliphatic carboxylic acids is 1. The van der Waals surface area contributed by atoms with Gasteiger partial charge in [-0.1, -0.05) is 54.5 Å². The predicted molar refractivity (Wildman–Crippen MR) is 111 cm³/mol. The standard InChI is InChI=1S/C24H22N2O5/c1-24(2,23(27)28)14-18-12-21(30-25-18)17-8-10-20(11-9-17)29-15-19-13-22(31-26-19)16-6-4-3-5-7-16/h3-13H,14-15H2,1-2H3,(H,27,28)/p-1. The lowest BCUT2D eigenvalue weighted by Crippen LogP contribution is -2.39. The Kier molecular flexibility index (Phi) is 5.58. The fourth-order valence-electron chi connectivity index (χ4n) is 3.05. The average Bonchev–Trinajstić information content (AvgIpc) is 3.43. The number of ether oxygens (including phenoxy) is 1. The van der Waals surface area contributed by atoms with Crippen LogP contribution in [-0.2, 0) is 17.8 Å². The number of hydrogen-bond donors (Lipinski definition) is 0. The molecule has 0 aliphatic rings. The summed E-state index contributed by atoms with van der Waals surface area (Å²) in [4.78, 5) is 11.2. The van der Waals surface area contributed by atoms with Gasteiger partial charge in [0.15, 0.2) is 11.5 Å². The number of carbonyl (C=O) groups is 1. The molecule has 0 amide bonds. The molecule has 4 aromatic rings. The Balaban J connectivity index is 1.37. The molecule has 0 saturated heterocycles. The van der Waals surface area contributed by atoms with Gasteiger partial charge in [-0.2, -0.15) is 0 Å². The van der Waals surface area contributed by atoms with Crippen LogP contribution in [0.25, 0.3) is 22.6 Å². The Morgan fingerprint density at radius 3 is 2.13 bits per heavy atom. The van der Waals surface area contributed by atoms with E-state index in [2.05, 4.69) is 10.3 Å². The minimum Gasteiger partial charge on any atom is -0.550 e. The zero-order valence-electron chi connectivity index (χ0n) is 17.2. The molecule has 0 atom stereocenters. The fourth-order valence-corrected chi connectivity index (χ4v) is 3.05. The van der Waals surface area contributed by atoms with Crippen LogP contribution in [0.3, 0.4) is 0 Å². The van der Waals surface area contributed by atoms with Crippen LogP contribution in [0.5, 0.6) is 5.75 Å². The first-order chi connectivity index (χ1) is 14.9. The Hall–Kier alpha value is -3.87. The molecule has 0 unspecified atom stereocenters. The van der Waals surface area contributed by atoms with Gasteiger partial charge in [-0.05, 0) is 24.3 Å². The second kappa shape index (κ2) is 8.47. The van der Waals surface area contributed by atoms with Gasteiger partial charge in [0.2, 0.25) is 0 Å². The maximum atomic E-state index is 11.2. The average molecular weight is 417 g/mol. The van der Waals surface area contributed by atoms with Gasteiger partial charge in [-0.3, -0.25) is 0 Å². The number of carboxylic acid groups (broad SMARTS) is 1. The molecule has 0 aliphatic carbocycles. The van der Waals surface area contributed by atoms with Crippen molar-refractivity contribution in [2.45, 2.75) is 26.9 Å². The largest absolute Gasteiger partial charge is 0.550 e. The SMILES string of the molecule is CC(C)(Cc1cc(-c2ccc(OCc3cc(-c4ccccc4)on3)cc2)on1)C(=O)[O-]. The summed E-state index contributed by atoms with van der Waals surface area (Å²) in [6.45, 7) is 3.47. The molecule has 158 valence electrons. The number of hydrogen-bond acceptors (Lipinski definition) is 7. The van der Waals surface area contributed by atoms with E-state index in [4.69, 9.17) is 13.8 Å². The van der Waals surface area contributed by atoms with E-state index in [1.165, 1.54) is 0 Å². The van der Waals surface area contributed by atoms with Gasteiger partial charge >= 0.3 is 0 Å². The van der Waals surface area contributed by atoms with Crippen molar-refractivity contribution in [3.63, 3.8) is 0 Å². The highest BCUT2D eigenvalue weighted by molar-refractivity contribution is 5.71. The number of nitrogens with zero attached hydrogens (tertiary/aromatic N) is 2. The van der Waals surface area contributed by atoms with Crippen molar-refractivity contribution in [1.82, 2.24) is 10.3 Å². The molecular formula is C24H21N2O5-. The van der Waals surface area contributed by atoms with Crippen LogP contribution in [0.1, 0.15) is 25.2 Å². The van der Waals surface area contributed by atoms with Crippen LogP contribution < -0.4 is 9.84 Å². The molecule has 2 heterocycles. The fraction of sp³-hybridized carbons (Fsp3) is 0.208. The van der Waals surface area contributed by atoms with Crippen LogP contribution in [0.15, 0.2) is 75.8 Å². The van der Waals surface area contributed by atoms with Gasteiger partial charge in [-0.15, -0.1) is 0 Å². The highest BCUT2D eigenvalue weighted by Gasteiger charge is 2.22. The maximum absolute atomic E-state index is 11.2. The molecule has 31 heavy (non-hydrogen) atoms. The van der Waals surface area contributed by atoms with E-state index in [9.17, 15) is 9.90 Å². The van der Waals surface area contributed by atoms with Crippen molar-refractivity contribution in [2.24, 2.45) is 5.41 Å². The molecule has 0 bridgehead atoms. The lowest BCUT2D eigenvalue weighted by atomic mass is 9.88. The summed E-state index contributed by atoms with van der Waals surface area (Å²) in [6.07, 6.45) is 0.225. The third kappa shape index (κ3) is 4.83. The number of aromatic nitrogens is 2. The molecule has 0 N–H and O–H groups in total. The quantitative estimate of drug-likeness (QED) is 0.428. The summed E-state index contributed by atoms with van der Waals surface area (Å²) in [5.41, 5.74) is 2.00. The minimum atomic E-state index is -1.12. The van der Waals surface area contributed by atoms with E-state index >= 15 is 0 Å². The predicted octanol–water partition coefficient (Wildman–Crippen LogP) is 3.89. The van der Waals surface area contributed by atoms with Gasteiger partial charge in [0, 0.05) is 41.1 Å². The highest BCUT2D eigenvalue weighted by Crippen LogP contribution is 2.27. The van der Waals surface area contributed by atoms with E-state index in [1.54, 1.807) is 19.9 Å². The second-order valence-corrected chi connectivity index (χ2v) is 7.89. The van der Waals surface area contributed by atoms with Crippen molar-refractivity contribution in [3.8, 4) is 28.4 Å². The summed E-state index contributed by atoms with van der Waals surface area (Å²) >= 11 is 0. The van der Waals surface area contributed by atoms with Crippen LogP contribution in [-0.4, -0.2) is 16.3 Å². The lowest BCUT2D eigenvalue weighted by Gasteiger charge is -2.24. The molecule has 0 fully saturated rings. The third-order valence-electron chi connectivity index (χ3n) is 4.88. The molecule has 7 heteroatoms. The Morgan fingerprint density at radius 2 is 1.48 bits per heavy atom. The zero-order valence-corrected chi connectivity index (χ0v) is 17.2. The minimum absolute atomic E-state index is 0.225. The molecule has 4 rings (SSSR count). The van der Waals surface area contributed by atoms with Crippen molar-refractivity contribution >= 4 is 5.97 Å². The molecule has 2 aromatic heterocycles. The summed E-state index contributed by atoms with van der Waals surface area (Å²) < 4.78 is 16.5. The summed E-state index contributed by atoms with van der Waals surface area (Å²) in [5.74, 6) is 0.796. The third-order valence-corrected chi connectivity index (χ3v) is 4.88. The van der Waals surface area contributed by atoms with Crippen LogP contribution in [0, 0.1) is 5.41 Å².